The van der Waals surface area contributed by atoms with Gasteiger partial charge in [-0.05, 0) is 44.4 Å². The summed E-state index contributed by atoms with van der Waals surface area (Å²) in [7, 11) is 5.73. The maximum Gasteiger partial charge on any atom is 0.253 e. The van der Waals surface area contributed by atoms with E-state index >= 15 is 0 Å². The lowest BCUT2D eigenvalue weighted by atomic mass is 10.00. The lowest BCUT2D eigenvalue weighted by Gasteiger charge is -2.19. The van der Waals surface area contributed by atoms with Crippen LogP contribution >= 0.6 is 0 Å². The first-order valence-electron chi connectivity index (χ1n) is 11.3. The molecule has 2 N–H and O–H groups in total. The molecule has 0 saturated carbocycles. The number of H-pyrrole nitrogens is 1. The molecule has 35 heavy (non-hydrogen) atoms. The van der Waals surface area contributed by atoms with Crippen molar-refractivity contribution in [3.05, 3.63) is 95.1 Å². The van der Waals surface area contributed by atoms with Gasteiger partial charge in [0.25, 0.3) is 5.91 Å². The lowest BCUT2D eigenvalue weighted by Crippen LogP contribution is -2.33. The Kier molecular flexibility index (Phi) is 6.95. The Bertz CT molecular complexity index is 1430. The highest BCUT2D eigenvalue weighted by molar-refractivity contribution is 6.22. The number of nitrogens with zero attached hydrogens (tertiary/aromatic N) is 4. The minimum absolute atomic E-state index is 0.0339. The molecule has 0 saturated heterocycles. The summed E-state index contributed by atoms with van der Waals surface area (Å²) >= 11 is 0. The van der Waals surface area contributed by atoms with Crippen LogP contribution in [0.3, 0.4) is 0 Å². The first-order chi connectivity index (χ1) is 16.9. The van der Waals surface area contributed by atoms with E-state index in [2.05, 4.69) is 11.1 Å². The molecule has 1 amide bonds. The van der Waals surface area contributed by atoms with E-state index in [1.807, 2.05) is 61.5 Å². The minimum Gasteiger partial charge on any atom is -0.494 e. The number of aromatic nitrogens is 1. The van der Waals surface area contributed by atoms with Crippen molar-refractivity contribution in [1.29, 1.82) is 5.26 Å². The van der Waals surface area contributed by atoms with Gasteiger partial charge < -0.3 is 19.9 Å². The van der Waals surface area contributed by atoms with Crippen molar-refractivity contribution in [3.63, 3.8) is 0 Å². The average Bonchev–Trinajstić information content (AvgIpc) is 3.20. The summed E-state index contributed by atoms with van der Waals surface area (Å²) < 4.78 is 0. The maximum absolute atomic E-state index is 13.0. The van der Waals surface area contributed by atoms with Crippen molar-refractivity contribution < 1.29 is 9.90 Å². The number of fused-ring (bicyclic) bond motifs is 1. The number of aromatic hydroxyl groups is 1. The number of nitrogens with one attached hydrogen (secondary N) is 1. The van der Waals surface area contributed by atoms with Gasteiger partial charge in [0.05, 0.1) is 34.1 Å². The van der Waals surface area contributed by atoms with Crippen molar-refractivity contribution in [3.8, 4) is 11.9 Å². The van der Waals surface area contributed by atoms with Crippen molar-refractivity contribution in [2.45, 2.75) is 0 Å². The minimum atomic E-state index is -0.0795. The van der Waals surface area contributed by atoms with Crippen LogP contribution in [0.2, 0.25) is 0 Å². The summed E-state index contributed by atoms with van der Waals surface area (Å²) in [6.07, 6.45) is 0. The molecule has 0 aliphatic rings. The fourth-order valence-electron chi connectivity index (χ4n) is 3.86. The van der Waals surface area contributed by atoms with Gasteiger partial charge in [0.1, 0.15) is 0 Å². The van der Waals surface area contributed by atoms with Gasteiger partial charge in [0.15, 0.2) is 5.88 Å². The van der Waals surface area contributed by atoms with Crippen molar-refractivity contribution in [2.75, 3.05) is 34.2 Å². The molecular weight excluding hydrogens is 438 g/mol. The van der Waals surface area contributed by atoms with Gasteiger partial charge in [-0.15, -0.1) is 0 Å². The van der Waals surface area contributed by atoms with E-state index in [0.717, 1.165) is 17.5 Å². The first kappa shape index (κ1) is 23.7. The van der Waals surface area contributed by atoms with Crippen molar-refractivity contribution in [1.82, 2.24) is 14.8 Å². The second-order valence-corrected chi connectivity index (χ2v) is 8.63. The quantitative estimate of drug-likeness (QED) is 0.392. The molecule has 7 nitrogen and oxygen atoms in total. The number of rotatable bonds is 7. The molecule has 0 atom stereocenters. The summed E-state index contributed by atoms with van der Waals surface area (Å²) in [5, 5.41) is 20.8. The van der Waals surface area contributed by atoms with Crippen LogP contribution in [0.1, 0.15) is 27.0 Å². The average molecular weight is 466 g/mol. The van der Waals surface area contributed by atoms with E-state index < -0.39 is 0 Å². The largest absolute Gasteiger partial charge is 0.494 e. The SMILES string of the molecule is CN(C)CCN(C)C(=O)c1cccc(N=C(c2ccccc2)c2c(O)[nH]c3cc(C#N)ccc23)c1. The predicted octanol–water partition coefficient (Wildman–Crippen LogP) is 4.55. The third-order valence-corrected chi connectivity index (χ3v) is 5.76. The highest BCUT2D eigenvalue weighted by Crippen LogP contribution is 2.32. The standard InChI is InChI=1S/C28H27N5O2/c1-32(2)14-15-33(3)28(35)21-10-7-11-22(17-21)30-26(20-8-5-4-6-9-20)25-23-13-12-19(18-29)16-24(23)31-27(25)34/h4-13,16-17,31,34H,14-15H2,1-3H3. The molecule has 1 heterocycles. The lowest BCUT2D eigenvalue weighted by molar-refractivity contribution is 0.0786. The van der Waals surface area contributed by atoms with Crippen molar-refractivity contribution >= 4 is 28.2 Å². The monoisotopic (exact) mass is 465 g/mol. The molecule has 7 heteroatoms. The molecule has 0 aliphatic carbocycles. The fraction of sp³-hybridized carbons (Fsp3) is 0.179. The molecule has 0 unspecified atom stereocenters. The second kappa shape index (κ2) is 10.2. The van der Waals surface area contributed by atoms with E-state index in [1.54, 1.807) is 42.3 Å². The van der Waals surface area contributed by atoms with Crippen LogP contribution in [0, 0.1) is 11.3 Å². The number of aliphatic imine (C=N–C) groups is 1. The normalized spacial score (nSPS) is 11.6. The van der Waals surface area contributed by atoms with Gasteiger partial charge in [0.2, 0.25) is 0 Å². The summed E-state index contributed by atoms with van der Waals surface area (Å²) in [5.74, 6) is -0.113. The zero-order chi connectivity index (χ0) is 24.9. The Morgan fingerprint density at radius 1 is 0.971 bits per heavy atom. The number of carbonyl (C=O) groups excluding carboxylic acids is 1. The molecule has 4 rings (SSSR count). The smallest absolute Gasteiger partial charge is 0.253 e. The highest BCUT2D eigenvalue weighted by Gasteiger charge is 2.19. The number of nitriles is 1. The predicted molar refractivity (Wildman–Crippen MR) is 138 cm³/mol. The van der Waals surface area contributed by atoms with Gasteiger partial charge in [-0.1, -0.05) is 42.5 Å². The van der Waals surface area contributed by atoms with E-state index in [9.17, 15) is 15.2 Å². The number of benzene rings is 3. The van der Waals surface area contributed by atoms with Crippen LogP contribution in [0.25, 0.3) is 10.9 Å². The molecule has 1 aromatic heterocycles. The van der Waals surface area contributed by atoms with Gasteiger partial charge in [-0.25, -0.2) is 4.99 Å². The summed E-state index contributed by atoms with van der Waals surface area (Å²) in [4.78, 5) is 24.6. The molecule has 3 aromatic carbocycles. The van der Waals surface area contributed by atoms with E-state index in [0.29, 0.717) is 40.2 Å². The Morgan fingerprint density at radius 2 is 1.71 bits per heavy atom. The van der Waals surface area contributed by atoms with E-state index in [1.165, 1.54) is 0 Å². The molecule has 0 spiro atoms. The Hall–Kier alpha value is -4.41. The number of carbonyl (C=O) groups is 1. The van der Waals surface area contributed by atoms with Crippen LogP contribution in [-0.2, 0) is 0 Å². The third kappa shape index (κ3) is 5.24. The van der Waals surface area contributed by atoms with Crippen LogP contribution in [0.4, 0.5) is 5.69 Å². The second-order valence-electron chi connectivity index (χ2n) is 8.63. The highest BCUT2D eigenvalue weighted by atomic mass is 16.3. The van der Waals surface area contributed by atoms with Crippen LogP contribution in [0.5, 0.6) is 5.88 Å². The van der Waals surface area contributed by atoms with E-state index in [-0.39, 0.29) is 11.8 Å². The maximum atomic E-state index is 13.0. The molecule has 0 fully saturated rings. The molecule has 0 radical (unpaired) electrons. The third-order valence-electron chi connectivity index (χ3n) is 5.76. The van der Waals surface area contributed by atoms with Gasteiger partial charge in [0, 0.05) is 36.7 Å². The van der Waals surface area contributed by atoms with Crippen LogP contribution < -0.4 is 0 Å². The van der Waals surface area contributed by atoms with E-state index in [4.69, 9.17) is 4.99 Å². The first-order valence-corrected chi connectivity index (χ1v) is 11.3. The fourth-order valence-corrected chi connectivity index (χ4v) is 3.86. The number of likely N-dealkylation sites (N-methyl/N-ethyl adjacent to an activating group) is 2. The van der Waals surface area contributed by atoms with Crippen LogP contribution in [-0.4, -0.2) is 65.7 Å². The van der Waals surface area contributed by atoms with Gasteiger partial charge in [-0.3, -0.25) is 4.79 Å². The summed E-state index contributed by atoms with van der Waals surface area (Å²) in [6, 6.07) is 24.1. The molecule has 176 valence electrons. The summed E-state index contributed by atoms with van der Waals surface area (Å²) in [6.45, 7) is 1.38. The number of amides is 1. The molecule has 0 aliphatic heterocycles. The van der Waals surface area contributed by atoms with Gasteiger partial charge >= 0.3 is 0 Å². The Balaban J connectivity index is 1.80. The summed E-state index contributed by atoms with van der Waals surface area (Å²) in [5.41, 5.74) is 4.19. The van der Waals surface area contributed by atoms with Gasteiger partial charge in [-0.2, -0.15) is 5.26 Å². The topological polar surface area (TPSA) is 95.7 Å². The van der Waals surface area contributed by atoms with Crippen LogP contribution in [0.15, 0.2) is 77.8 Å². The van der Waals surface area contributed by atoms with Crippen molar-refractivity contribution in [2.24, 2.45) is 4.99 Å². The Morgan fingerprint density at radius 3 is 2.43 bits per heavy atom. The number of aromatic amines is 1. The zero-order valence-electron chi connectivity index (χ0n) is 20.0. The zero-order valence-corrected chi connectivity index (χ0v) is 20.0. The number of hydrogen-bond acceptors (Lipinski definition) is 5. The number of hydrogen-bond donors (Lipinski definition) is 2. The molecular formula is C28H27N5O2. The Labute approximate surface area is 204 Å². The molecule has 4 aromatic rings. The molecule has 0 bridgehead atoms.